The van der Waals surface area contributed by atoms with Crippen molar-refractivity contribution in [2.75, 3.05) is 24.3 Å². The third kappa shape index (κ3) is 2.31. The number of nitrogens with zero attached hydrogens (tertiary/aromatic N) is 3. The Morgan fingerprint density at radius 3 is 2.77 bits per heavy atom. The number of imidazole rings is 1. The van der Waals surface area contributed by atoms with Crippen LogP contribution in [-0.2, 0) is 18.3 Å². The molecule has 26 heavy (non-hydrogen) atoms. The van der Waals surface area contributed by atoms with E-state index in [1.54, 1.807) is 25.7 Å². The van der Waals surface area contributed by atoms with Gasteiger partial charge in [-0.3, -0.25) is 14.5 Å². The number of hydrogen-bond donors (Lipinski definition) is 2. The van der Waals surface area contributed by atoms with E-state index in [4.69, 9.17) is 11.6 Å². The molecule has 134 valence electrons. The number of fused-ring (bicyclic) bond motifs is 2. The van der Waals surface area contributed by atoms with Crippen LogP contribution < -0.4 is 10.2 Å². The lowest BCUT2D eigenvalue weighted by Gasteiger charge is -2.27. The molecule has 2 aromatic heterocycles. The Labute approximate surface area is 155 Å². The molecule has 1 unspecified atom stereocenters. The van der Waals surface area contributed by atoms with Crippen molar-refractivity contribution >= 4 is 46.0 Å². The molecule has 4 rings (SSSR count). The van der Waals surface area contributed by atoms with Gasteiger partial charge in [-0.1, -0.05) is 17.7 Å². The van der Waals surface area contributed by atoms with Crippen LogP contribution in [0.1, 0.15) is 16.2 Å². The lowest BCUT2D eigenvalue weighted by Crippen LogP contribution is -2.44. The number of halogens is 1. The van der Waals surface area contributed by atoms with E-state index in [9.17, 15) is 9.59 Å². The van der Waals surface area contributed by atoms with Crippen molar-refractivity contribution in [2.24, 2.45) is 13.0 Å². The highest BCUT2D eigenvalue weighted by Crippen LogP contribution is 2.33. The maximum Gasteiger partial charge on any atom is 0.239 e. The molecular formula is C18H18ClN5O2. The number of aromatic nitrogens is 3. The summed E-state index contributed by atoms with van der Waals surface area (Å²) in [6.07, 6.45) is 0.284. The summed E-state index contributed by atoms with van der Waals surface area (Å²) in [6, 6.07) is 7.49. The summed E-state index contributed by atoms with van der Waals surface area (Å²) in [5.74, 6) is -0.333. The maximum atomic E-state index is 13.0. The van der Waals surface area contributed by atoms with Gasteiger partial charge >= 0.3 is 0 Å². The van der Waals surface area contributed by atoms with Crippen LogP contribution in [0.4, 0.5) is 11.8 Å². The lowest BCUT2D eigenvalue weighted by molar-refractivity contribution is -0.121. The van der Waals surface area contributed by atoms with Gasteiger partial charge in [0, 0.05) is 49.2 Å². The van der Waals surface area contributed by atoms with Crippen LogP contribution in [0.2, 0.25) is 5.02 Å². The predicted octanol–water partition coefficient (Wildman–Crippen LogP) is 2.61. The molecule has 0 fully saturated rings. The number of benzene rings is 1. The smallest absolute Gasteiger partial charge is 0.239 e. The molecule has 0 saturated heterocycles. The molecule has 3 aromatic rings. The van der Waals surface area contributed by atoms with Gasteiger partial charge in [-0.2, -0.15) is 4.98 Å². The molecule has 0 saturated carbocycles. The number of Topliss-reactive ketones (excluding diaryl/α,β-unsaturated/α-hetero) is 1. The molecule has 0 bridgehead atoms. The van der Waals surface area contributed by atoms with E-state index in [2.05, 4.69) is 15.3 Å². The van der Waals surface area contributed by atoms with Crippen LogP contribution >= 0.6 is 11.6 Å². The first kappa shape index (κ1) is 16.7. The van der Waals surface area contributed by atoms with E-state index in [0.29, 0.717) is 22.5 Å². The van der Waals surface area contributed by atoms with E-state index < -0.39 is 5.92 Å². The first-order valence-electron chi connectivity index (χ1n) is 8.24. The largest absolute Gasteiger partial charge is 0.359 e. The molecule has 0 spiro atoms. The SMILES string of the molecule is CNc1nc2c(n1C)C(=O)C(Cc1cc3c(Cl)cccc3[nH]1)C(=O)N2C. The Hall–Kier alpha value is -2.80. The average molecular weight is 372 g/mol. The fraction of sp³-hybridized carbons (Fsp3) is 0.278. The summed E-state index contributed by atoms with van der Waals surface area (Å²) in [6.45, 7) is 0. The van der Waals surface area contributed by atoms with Crippen molar-refractivity contribution in [1.82, 2.24) is 14.5 Å². The van der Waals surface area contributed by atoms with Crippen molar-refractivity contribution in [1.29, 1.82) is 0 Å². The van der Waals surface area contributed by atoms with Gasteiger partial charge in [0.25, 0.3) is 0 Å². The van der Waals surface area contributed by atoms with Crippen LogP contribution in [0.15, 0.2) is 24.3 Å². The Balaban J connectivity index is 1.74. The molecular weight excluding hydrogens is 354 g/mol. The highest BCUT2D eigenvalue weighted by molar-refractivity contribution is 6.35. The number of hydrogen-bond acceptors (Lipinski definition) is 4. The Bertz CT molecular complexity index is 1050. The zero-order valence-corrected chi connectivity index (χ0v) is 15.4. The minimum absolute atomic E-state index is 0.218. The van der Waals surface area contributed by atoms with Gasteiger partial charge in [-0.05, 0) is 18.2 Å². The summed E-state index contributed by atoms with van der Waals surface area (Å²) in [5.41, 5.74) is 2.12. The number of carbonyl (C=O) groups excluding carboxylic acids is 2. The average Bonchev–Trinajstić information content (AvgIpc) is 3.18. The zero-order chi connectivity index (χ0) is 18.6. The molecule has 1 atom stereocenters. The van der Waals surface area contributed by atoms with Gasteiger partial charge in [-0.15, -0.1) is 0 Å². The van der Waals surface area contributed by atoms with Gasteiger partial charge < -0.3 is 14.9 Å². The molecule has 1 aromatic carbocycles. The summed E-state index contributed by atoms with van der Waals surface area (Å²) < 4.78 is 1.69. The third-order valence-electron chi connectivity index (χ3n) is 4.89. The molecule has 3 heterocycles. The lowest BCUT2D eigenvalue weighted by atomic mass is 9.91. The second kappa shape index (κ2) is 5.88. The van der Waals surface area contributed by atoms with Gasteiger partial charge in [0.15, 0.2) is 11.6 Å². The summed E-state index contributed by atoms with van der Waals surface area (Å²) in [5, 5.41) is 4.45. The number of amides is 1. The minimum Gasteiger partial charge on any atom is -0.359 e. The van der Waals surface area contributed by atoms with E-state index in [-0.39, 0.29) is 18.1 Å². The quantitative estimate of drug-likeness (QED) is 0.693. The summed E-state index contributed by atoms with van der Waals surface area (Å²) in [4.78, 5) is 34.9. The number of nitrogens with one attached hydrogen (secondary N) is 2. The minimum atomic E-state index is -0.792. The number of anilines is 2. The van der Waals surface area contributed by atoms with Crippen LogP contribution in [0.25, 0.3) is 10.9 Å². The Morgan fingerprint density at radius 1 is 1.31 bits per heavy atom. The second-order valence-electron chi connectivity index (χ2n) is 6.43. The fourth-order valence-electron chi connectivity index (χ4n) is 3.52. The molecule has 1 aliphatic heterocycles. The molecule has 7 nitrogen and oxygen atoms in total. The van der Waals surface area contributed by atoms with Crippen molar-refractivity contribution in [2.45, 2.75) is 6.42 Å². The van der Waals surface area contributed by atoms with E-state index in [0.717, 1.165) is 16.6 Å². The second-order valence-corrected chi connectivity index (χ2v) is 6.84. The standard InChI is InChI=1S/C18H18ClN5O2/c1-20-18-22-16-14(23(18)2)15(25)11(17(26)24(16)3)8-9-7-10-12(19)5-4-6-13(10)21-9/h4-7,11,21H,8H2,1-3H3,(H,20,22). The van der Waals surface area contributed by atoms with Crippen molar-refractivity contribution in [3.05, 3.63) is 40.7 Å². The first-order valence-corrected chi connectivity index (χ1v) is 8.62. The monoisotopic (exact) mass is 371 g/mol. The van der Waals surface area contributed by atoms with Gasteiger partial charge in [0.2, 0.25) is 11.9 Å². The molecule has 0 aliphatic carbocycles. The van der Waals surface area contributed by atoms with Crippen LogP contribution in [-0.4, -0.2) is 40.3 Å². The number of H-pyrrole nitrogens is 1. The van der Waals surface area contributed by atoms with E-state index in [1.165, 1.54) is 4.90 Å². The number of rotatable bonds is 3. The molecule has 0 radical (unpaired) electrons. The Kier molecular flexibility index (Phi) is 3.77. The number of ketones is 1. The summed E-state index contributed by atoms with van der Waals surface area (Å²) in [7, 11) is 5.14. The van der Waals surface area contributed by atoms with Crippen LogP contribution in [0, 0.1) is 5.92 Å². The zero-order valence-electron chi connectivity index (χ0n) is 14.6. The predicted molar refractivity (Wildman–Crippen MR) is 101 cm³/mol. The van der Waals surface area contributed by atoms with Crippen molar-refractivity contribution < 1.29 is 9.59 Å². The number of aromatic amines is 1. The van der Waals surface area contributed by atoms with Gasteiger partial charge in [-0.25, -0.2) is 0 Å². The van der Waals surface area contributed by atoms with E-state index >= 15 is 0 Å². The summed E-state index contributed by atoms with van der Waals surface area (Å²) >= 11 is 6.22. The molecule has 8 heteroatoms. The van der Waals surface area contributed by atoms with Crippen LogP contribution in [0.5, 0.6) is 0 Å². The highest BCUT2D eigenvalue weighted by Gasteiger charge is 2.41. The first-order chi connectivity index (χ1) is 12.4. The Morgan fingerprint density at radius 2 is 2.08 bits per heavy atom. The topological polar surface area (TPSA) is 83.0 Å². The van der Waals surface area contributed by atoms with Crippen molar-refractivity contribution in [3.8, 4) is 0 Å². The fourth-order valence-corrected chi connectivity index (χ4v) is 3.75. The van der Waals surface area contributed by atoms with E-state index in [1.807, 2.05) is 24.3 Å². The third-order valence-corrected chi connectivity index (χ3v) is 5.22. The molecule has 2 N–H and O–H groups in total. The van der Waals surface area contributed by atoms with Gasteiger partial charge in [0.1, 0.15) is 11.6 Å². The maximum absolute atomic E-state index is 13.0. The highest BCUT2D eigenvalue weighted by atomic mass is 35.5. The van der Waals surface area contributed by atoms with Gasteiger partial charge in [0.05, 0.1) is 0 Å². The molecule has 1 amide bonds. The number of carbonyl (C=O) groups is 2. The van der Waals surface area contributed by atoms with Crippen LogP contribution in [0.3, 0.4) is 0 Å². The normalized spacial score (nSPS) is 17.1. The van der Waals surface area contributed by atoms with Crippen molar-refractivity contribution in [3.63, 3.8) is 0 Å². The molecule has 1 aliphatic rings.